The molecule has 6 nitrogen and oxygen atoms in total. The highest BCUT2D eigenvalue weighted by Crippen LogP contribution is 2.21. The third kappa shape index (κ3) is 7.48. The second-order valence-electron chi connectivity index (χ2n) is 6.38. The van der Waals surface area contributed by atoms with Crippen LogP contribution in [0, 0.1) is 20.8 Å². The number of alkyl halides is 3. The molecule has 0 heterocycles. The minimum atomic E-state index is -5.08. The number of sulfonamides is 1. The molecule has 0 saturated heterocycles. The average Bonchev–Trinajstić information content (AvgIpc) is 2.59. The number of aryl methyl sites for hydroxylation is 3. The Bertz CT molecular complexity index is 933. The monoisotopic (exact) mass is 432 g/mol. The molecule has 0 aliphatic carbocycles. The first-order valence-electron chi connectivity index (χ1n) is 8.43. The number of carbonyl (C=O) groups is 1. The van der Waals surface area contributed by atoms with Crippen LogP contribution in [0.15, 0.2) is 41.3 Å². The molecule has 10 heteroatoms. The van der Waals surface area contributed by atoms with Crippen LogP contribution < -0.4 is 10.5 Å². The number of nitrogens with two attached hydrogens (primary N) is 1. The fourth-order valence-corrected chi connectivity index (χ4v) is 4.10. The Balaban J connectivity index is 0.000000516. The number of rotatable bonds is 5. The van der Waals surface area contributed by atoms with Crippen molar-refractivity contribution in [1.82, 2.24) is 4.72 Å². The smallest absolute Gasteiger partial charge is 0.475 e. The van der Waals surface area contributed by atoms with E-state index in [-0.39, 0.29) is 6.54 Å². The molecular weight excluding hydrogens is 409 g/mol. The second-order valence-corrected chi connectivity index (χ2v) is 8.08. The predicted molar refractivity (Wildman–Crippen MR) is 103 cm³/mol. The summed E-state index contributed by atoms with van der Waals surface area (Å²) < 4.78 is 59.5. The molecule has 29 heavy (non-hydrogen) atoms. The zero-order valence-corrected chi connectivity index (χ0v) is 17.0. The minimum Gasteiger partial charge on any atom is -0.475 e. The molecule has 0 spiro atoms. The highest BCUT2D eigenvalue weighted by molar-refractivity contribution is 7.89. The van der Waals surface area contributed by atoms with Crippen LogP contribution in [-0.2, 0) is 27.9 Å². The van der Waals surface area contributed by atoms with Crippen molar-refractivity contribution in [3.05, 3.63) is 64.2 Å². The summed E-state index contributed by atoms with van der Waals surface area (Å²) in [6, 6.07) is 11.4. The number of aliphatic carboxylic acids is 1. The molecule has 0 amide bonds. The highest BCUT2D eigenvalue weighted by Gasteiger charge is 2.38. The van der Waals surface area contributed by atoms with Gasteiger partial charge in [-0.1, -0.05) is 42.0 Å². The van der Waals surface area contributed by atoms with Crippen molar-refractivity contribution in [2.75, 3.05) is 0 Å². The fraction of sp³-hybridized carbons (Fsp3) is 0.316. The van der Waals surface area contributed by atoms with E-state index in [4.69, 9.17) is 15.6 Å². The van der Waals surface area contributed by atoms with Gasteiger partial charge in [-0.15, -0.1) is 0 Å². The number of carboxylic acid groups (broad SMARTS) is 1. The minimum absolute atomic E-state index is 0.264. The highest BCUT2D eigenvalue weighted by atomic mass is 32.2. The molecule has 0 saturated carbocycles. The second kappa shape index (κ2) is 9.86. The van der Waals surface area contributed by atoms with Gasteiger partial charge in [0.1, 0.15) is 0 Å². The van der Waals surface area contributed by atoms with E-state index in [0.717, 1.165) is 27.8 Å². The van der Waals surface area contributed by atoms with Crippen LogP contribution in [-0.4, -0.2) is 25.7 Å². The van der Waals surface area contributed by atoms with E-state index in [0.29, 0.717) is 11.4 Å². The van der Waals surface area contributed by atoms with Gasteiger partial charge < -0.3 is 10.8 Å². The number of benzene rings is 2. The Hall–Kier alpha value is -2.43. The topological polar surface area (TPSA) is 109 Å². The normalized spacial score (nSPS) is 11.6. The molecule has 0 atom stereocenters. The van der Waals surface area contributed by atoms with Crippen molar-refractivity contribution in [3.63, 3.8) is 0 Å². The van der Waals surface area contributed by atoms with Crippen molar-refractivity contribution in [1.29, 1.82) is 0 Å². The van der Waals surface area contributed by atoms with Gasteiger partial charge in [0, 0.05) is 13.1 Å². The van der Waals surface area contributed by atoms with E-state index in [1.165, 1.54) is 0 Å². The van der Waals surface area contributed by atoms with Crippen LogP contribution in [0.2, 0.25) is 0 Å². The summed E-state index contributed by atoms with van der Waals surface area (Å²) in [4.78, 5) is 9.27. The van der Waals surface area contributed by atoms with Crippen molar-refractivity contribution in [2.45, 2.75) is 44.9 Å². The molecule has 160 valence electrons. The molecule has 0 aliphatic heterocycles. The molecule has 0 bridgehead atoms. The molecule has 0 unspecified atom stereocenters. The van der Waals surface area contributed by atoms with Crippen molar-refractivity contribution in [3.8, 4) is 0 Å². The predicted octanol–water partition coefficient (Wildman–Crippen LogP) is 3.18. The van der Waals surface area contributed by atoms with Gasteiger partial charge in [0.05, 0.1) is 4.90 Å². The lowest BCUT2D eigenvalue weighted by atomic mass is 10.1. The summed E-state index contributed by atoms with van der Waals surface area (Å²) >= 11 is 0. The van der Waals surface area contributed by atoms with E-state index in [1.807, 2.05) is 57.2 Å². The summed E-state index contributed by atoms with van der Waals surface area (Å²) in [5, 5.41) is 7.12. The zero-order valence-electron chi connectivity index (χ0n) is 16.2. The first-order valence-corrected chi connectivity index (χ1v) is 9.91. The zero-order chi connectivity index (χ0) is 22.4. The van der Waals surface area contributed by atoms with E-state index in [2.05, 4.69) is 4.72 Å². The van der Waals surface area contributed by atoms with Gasteiger partial charge in [-0.25, -0.2) is 17.9 Å². The molecule has 4 N–H and O–H groups in total. The van der Waals surface area contributed by atoms with Crippen LogP contribution in [0.4, 0.5) is 13.2 Å². The van der Waals surface area contributed by atoms with E-state index in [1.54, 1.807) is 0 Å². The summed E-state index contributed by atoms with van der Waals surface area (Å²) in [7, 11) is -3.53. The first-order chi connectivity index (χ1) is 13.3. The lowest BCUT2D eigenvalue weighted by molar-refractivity contribution is -0.192. The van der Waals surface area contributed by atoms with E-state index in [9.17, 15) is 21.6 Å². The van der Waals surface area contributed by atoms with Crippen molar-refractivity contribution in [2.24, 2.45) is 5.73 Å². The maximum atomic E-state index is 12.6. The average molecular weight is 432 g/mol. The van der Waals surface area contributed by atoms with Gasteiger partial charge in [0.25, 0.3) is 0 Å². The maximum Gasteiger partial charge on any atom is 0.490 e. The summed E-state index contributed by atoms with van der Waals surface area (Å²) in [6.07, 6.45) is -5.08. The Morgan fingerprint density at radius 2 is 1.45 bits per heavy atom. The largest absolute Gasteiger partial charge is 0.490 e. The lowest BCUT2D eigenvalue weighted by Crippen LogP contribution is -2.25. The van der Waals surface area contributed by atoms with Gasteiger partial charge in [-0.2, -0.15) is 13.2 Å². The number of hydrogen-bond acceptors (Lipinski definition) is 4. The number of halogens is 3. The maximum absolute atomic E-state index is 12.6. The number of nitrogens with one attached hydrogen (secondary N) is 1. The standard InChI is InChI=1S/C17H22N2O2S.C2HF3O2/c1-12-8-13(2)17(14(3)9-12)22(20,21)19-11-16-6-4-15(10-18)5-7-16;3-2(4,5)1(6)7/h4-9,19H,10-11,18H2,1-3H3;(H,6,7). The molecule has 0 fully saturated rings. The quantitative estimate of drug-likeness (QED) is 0.672. The fourth-order valence-electron chi connectivity index (χ4n) is 2.63. The third-order valence-corrected chi connectivity index (χ3v) is 5.55. The van der Waals surface area contributed by atoms with Gasteiger partial charge in [0.2, 0.25) is 10.0 Å². The Kier molecular flexibility index (Phi) is 8.37. The molecule has 0 aromatic heterocycles. The summed E-state index contributed by atoms with van der Waals surface area (Å²) in [6.45, 7) is 6.35. The molecule has 2 aromatic rings. The summed E-state index contributed by atoms with van der Waals surface area (Å²) in [5.74, 6) is -2.76. The van der Waals surface area contributed by atoms with Gasteiger partial charge in [0.15, 0.2) is 0 Å². The molecule has 0 radical (unpaired) electrons. The lowest BCUT2D eigenvalue weighted by Gasteiger charge is -2.13. The van der Waals surface area contributed by atoms with Gasteiger partial charge in [-0.3, -0.25) is 0 Å². The molecule has 0 aliphatic rings. The SMILES string of the molecule is Cc1cc(C)c(S(=O)(=O)NCc2ccc(CN)cc2)c(C)c1.O=C(O)C(F)(F)F. The van der Waals surface area contributed by atoms with Crippen LogP contribution in [0.1, 0.15) is 27.8 Å². The molecule has 2 rings (SSSR count). The number of hydrogen-bond donors (Lipinski definition) is 3. The molecule has 2 aromatic carbocycles. The van der Waals surface area contributed by atoms with Gasteiger partial charge >= 0.3 is 12.1 Å². The van der Waals surface area contributed by atoms with E-state index >= 15 is 0 Å². The van der Waals surface area contributed by atoms with Crippen LogP contribution in [0.3, 0.4) is 0 Å². The third-order valence-electron chi connectivity index (χ3n) is 3.84. The van der Waals surface area contributed by atoms with Crippen molar-refractivity contribution < 1.29 is 31.5 Å². The van der Waals surface area contributed by atoms with Gasteiger partial charge in [-0.05, 0) is 43.0 Å². The Morgan fingerprint density at radius 3 is 1.83 bits per heavy atom. The van der Waals surface area contributed by atoms with Crippen LogP contribution in [0.5, 0.6) is 0 Å². The van der Waals surface area contributed by atoms with Crippen LogP contribution in [0.25, 0.3) is 0 Å². The van der Waals surface area contributed by atoms with Crippen LogP contribution >= 0.6 is 0 Å². The Morgan fingerprint density at radius 1 is 1.03 bits per heavy atom. The number of carboxylic acids is 1. The summed E-state index contributed by atoms with van der Waals surface area (Å²) in [5.41, 5.74) is 10.1. The molecular formula is C19H23F3N2O4S. The Labute approximate surface area is 167 Å². The van der Waals surface area contributed by atoms with E-state index < -0.39 is 22.2 Å². The first kappa shape index (κ1) is 24.6. The van der Waals surface area contributed by atoms with Crippen molar-refractivity contribution >= 4 is 16.0 Å².